The summed E-state index contributed by atoms with van der Waals surface area (Å²) >= 11 is 0. The van der Waals surface area contributed by atoms with Crippen molar-refractivity contribution in [3.8, 4) is 5.75 Å². The van der Waals surface area contributed by atoms with Crippen molar-refractivity contribution in [1.82, 2.24) is 0 Å². The first-order chi connectivity index (χ1) is 11.6. The van der Waals surface area contributed by atoms with Crippen LogP contribution in [0.3, 0.4) is 0 Å². The first-order valence-electron chi connectivity index (χ1n) is 7.76. The van der Waals surface area contributed by atoms with Crippen molar-refractivity contribution in [2.75, 3.05) is 5.32 Å². The number of carbonyl (C=O) groups excluding carboxylic acids is 1. The van der Waals surface area contributed by atoms with Crippen LogP contribution in [0.4, 0.5) is 5.69 Å². The SMILES string of the molecule is Cc1cc(C)cc(NC(=O)c2occc2COc2ccccc2)c1. The van der Waals surface area contributed by atoms with Crippen LogP contribution in [-0.4, -0.2) is 5.91 Å². The topological polar surface area (TPSA) is 51.5 Å². The van der Waals surface area contributed by atoms with Crippen LogP contribution < -0.4 is 10.1 Å². The van der Waals surface area contributed by atoms with Crippen molar-refractivity contribution < 1.29 is 13.9 Å². The standard InChI is InChI=1S/C20H19NO3/c1-14-10-15(2)12-17(11-14)21-20(22)19-16(8-9-23-19)13-24-18-6-4-3-5-7-18/h3-12H,13H2,1-2H3,(H,21,22). The minimum absolute atomic E-state index is 0.269. The second kappa shape index (κ2) is 7.04. The van der Waals surface area contributed by atoms with Gasteiger partial charge in [0.15, 0.2) is 5.76 Å². The van der Waals surface area contributed by atoms with Gasteiger partial charge < -0.3 is 14.5 Å². The molecule has 0 aliphatic heterocycles. The third kappa shape index (κ3) is 3.84. The predicted molar refractivity (Wildman–Crippen MR) is 93.4 cm³/mol. The Balaban J connectivity index is 1.71. The number of furan rings is 1. The highest BCUT2D eigenvalue weighted by atomic mass is 16.5. The molecule has 0 saturated carbocycles. The van der Waals surface area contributed by atoms with Gasteiger partial charge in [0.25, 0.3) is 5.91 Å². The summed E-state index contributed by atoms with van der Waals surface area (Å²) in [7, 11) is 0. The molecule has 1 heterocycles. The normalized spacial score (nSPS) is 10.4. The number of carbonyl (C=O) groups is 1. The van der Waals surface area contributed by atoms with Crippen molar-refractivity contribution in [3.05, 3.63) is 83.3 Å². The molecule has 0 aliphatic carbocycles. The smallest absolute Gasteiger partial charge is 0.291 e. The van der Waals surface area contributed by atoms with E-state index in [2.05, 4.69) is 11.4 Å². The lowest BCUT2D eigenvalue weighted by molar-refractivity contribution is 0.0993. The largest absolute Gasteiger partial charge is 0.489 e. The summed E-state index contributed by atoms with van der Waals surface area (Å²) in [6.07, 6.45) is 1.50. The molecular weight excluding hydrogens is 302 g/mol. The van der Waals surface area contributed by atoms with Gasteiger partial charge in [-0.3, -0.25) is 4.79 Å². The van der Waals surface area contributed by atoms with E-state index >= 15 is 0 Å². The average molecular weight is 321 g/mol. The summed E-state index contributed by atoms with van der Waals surface area (Å²) in [6.45, 7) is 4.26. The average Bonchev–Trinajstić information content (AvgIpc) is 3.01. The number of hydrogen-bond donors (Lipinski definition) is 1. The fourth-order valence-electron chi connectivity index (χ4n) is 2.56. The zero-order valence-electron chi connectivity index (χ0n) is 13.7. The van der Waals surface area contributed by atoms with Crippen LogP contribution in [0, 0.1) is 13.8 Å². The van der Waals surface area contributed by atoms with Gasteiger partial charge in [0.2, 0.25) is 0 Å². The summed E-state index contributed by atoms with van der Waals surface area (Å²) < 4.78 is 11.0. The monoisotopic (exact) mass is 321 g/mol. The lowest BCUT2D eigenvalue weighted by Crippen LogP contribution is -2.14. The third-order valence-electron chi connectivity index (χ3n) is 3.57. The van der Waals surface area contributed by atoms with Crippen molar-refractivity contribution in [3.63, 3.8) is 0 Å². The Hall–Kier alpha value is -3.01. The van der Waals surface area contributed by atoms with Crippen LogP contribution in [0.1, 0.15) is 27.2 Å². The number of rotatable bonds is 5. The van der Waals surface area contributed by atoms with E-state index in [9.17, 15) is 4.79 Å². The van der Waals surface area contributed by atoms with Crippen LogP contribution in [-0.2, 0) is 6.61 Å². The Labute approximate surface area is 141 Å². The van der Waals surface area contributed by atoms with Gasteiger partial charge in [0, 0.05) is 11.3 Å². The Bertz CT molecular complexity index is 817. The number of hydrogen-bond acceptors (Lipinski definition) is 3. The second-order valence-corrected chi connectivity index (χ2v) is 5.71. The summed E-state index contributed by atoms with van der Waals surface area (Å²) in [5.41, 5.74) is 3.65. The Morgan fingerprint density at radius 3 is 2.46 bits per heavy atom. The number of benzene rings is 2. The molecule has 1 amide bonds. The Kier molecular flexibility index (Phi) is 4.66. The molecule has 3 rings (SSSR count). The molecule has 24 heavy (non-hydrogen) atoms. The quantitative estimate of drug-likeness (QED) is 0.739. The molecule has 0 bridgehead atoms. The fourth-order valence-corrected chi connectivity index (χ4v) is 2.56. The lowest BCUT2D eigenvalue weighted by atomic mass is 10.1. The highest BCUT2D eigenvalue weighted by molar-refractivity contribution is 6.03. The van der Waals surface area contributed by atoms with Gasteiger partial charge in [-0.1, -0.05) is 24.3 Å². The molecule has 1 aromatic heterocycles. The van der Waals surface area contributed by atoms with E-state index in [1.165, 1.54) is 6.26 Å². The van der Waals surface area contributed by atoms with Gasteiger partial charge in [-0.2, -0.15) is 0 Å². The maximum atomic E-state index is 12.5. The van der Waals surface area contributed by atoms with E-state index in [0.717, 1.165) is 22.6 Å². The molecule has 0 radical (unpaired) electrons. The van der Waals surface area contributed by atoms with Gasteiger partial charge in [-0.05, 0) is 55.3 Å². The molecule has 0 spiro atoms. The van der Waals surface area contributed by atoms with Crippen molar-refractivity contribution in [2.45, 2.75) is 20.5 Å². The molecule has 0 unspecified atom stereocenters. The zero-order valence-corrected chi connectivity index (χ0v) is 13.7. The highest BCUT2D eigenvalue weighted by Crippen LogP contribution is 2.19. The first-order valence-corrected chi connectivity index (χ1v) is 7.76. The van der Waals surface area contributed by atoms with E-state index in [-0.39, 0.29) is 18.3 Å². The van der Waals surface area contributed by atoms with Gasteiger partial charge in [-0.25, -0.2) is 0 Å². The van der Waals surface area contributed by atoms with Crippen LogP contribution in [0.2, 0.25) is 0 Å². The van der Waals surface area contributed by atoms with Gasteiger partial charge >= 0.3 is 0 Å². The van der Waals surface area contributed by atoms with Crippen molar-refractivity contribution in [1.29, 1.82) is 0 Å². The molecule has 2 aromatic carbocycles. The van der Waals surface area contributed by atoms with Gasteiger partial charge in [0.05, 0.1) is 6.26 Å². The predicted octanol–water partition coefficient (Wildman–Crippen LogP) is 4.73. The molecular formula is C20H19NO3. The Morgan fingerprint density at radius 2 is 1.75 bits per heavy atom. The molecule has 0 saturated heterocycles. The van der Waals surface area contributed by atoms with E-state index in [4.69, 9.17) is 9.15 Å². The van der Waals surface area contributed by atoms with Crippen molar-refractivity contribution >= 4 is 11.6 Å². The highest BCUT2D eigenvalue weighted by Gasteiger charge is 2.16. The van der Waals surface area contributed by atoms with E-state index in [0.29, 0.717) is 5.56 Å². The van der Waals surface area contributed by atoms with E-state index in [1.54, 1.807) is 6.07 Å². The van der Waals surface area contributed by atoms with Crippen LogP contribution in [0.15, 0.2) is 65.3 Å². The van der Waals surface area contributed by atoms with Gasteiger partial charge in [0.1, 0.15) is 12.4 Å². The zero-order chi connectivity index (χ0) is 16.9. The Morgan fingerprint density at radius 1 is 1.04 bits per heavy atom. The van der Waals surface area contributed by atoms with Crippen LogP contribution in [0.5, 0.6) is 5.75 Å². The van der Waals surface area contributed by atoms with E-state index in [1.807, 2.05) is 56.3 Å². The maximum Gasteiger partial charge on any atom is 0.291 e. The summed E-state index contributed by atoms with van der Waals surface area (Å²) in [4.78, 5) is 12.5. The molecule has 0 fully saturated rings. The van der Waals surface area contributed by atoms with E-state index < -0.39 is 0 Å². The molecule has 4 nitrogen and oxygen atoms in total. The number of amides is 1. The summed E-state index contributed by atoms with van der Waals surface area (Å²) in [6, 6.07) is 17.1. The first kappa shape index (κ1) is 15.9. The summed E-state index contributed by atoms with van der Waals surface area (Å²) in [5.74, 6) is 0.737. The summed E-state index contributed by atoms with van der Waals surface area (Å²) in [5, 5.41) is 2.88. The van der Waals surface area contributed by atoms with Crippen molar-refractivity contribution in [2.24, 2.45) is 0 Å². The maximum absolute atomic E-state index is 12.5. The molecule has 1 N–H and O–H groups in total. The fraction of sp³-hybridized carbons (Fsp3) is 0.150. The number of nitrogens with one attached hydrogen (secondary N) is 1. The molecule has 122 valence electrons. The third-order valence-corrected chi connectivity index (χ3v) is 3.57. The lowest BCUT2D eigenvalue weighted by Gasteiger charge is -2.08. The second-order valence-electron chi connectivity index (χ2n) is 5.71. The number of ether oxygens (including phenoxy) is 1. The van der Waals surface area contributed by atoms with Gasteiger partial charge in [-0.15, -0.1) is 0 Å². The molecule has 0 aliphatic rings. The molecule has 3 aromatic rings. The van der Waals surface area contributed by atoms with Crippen LogP contribution >= 0.6 is 0 Å². The molecule has 4 heteroatoms. The molecule has 0 atom stereocenters. The minimum atomic E-state index is -0.281. The number of anilines is 1. The number of para-hydroxylation sites is 1. The van der Waals surface area contributed by atoms with Crippen LogP contribution in [0.25, 0.3) is 0 Å². The minimum Gasteiger partial charge on any atom is -0.489 e. The number of aryl methyl sites for hydroxylation is 2.